The number of amides is 1. The first-order valence-corrected chi connectivity index (χ1v) is 12.4. The highest BCUT2D eigenvalue weighted by Gasteiger charge is 2.14. The van der Waals surface area contributed by atoms with Gasteiger partial charge in [0.25, 0.3) is 0 Å². The number of carbonyl (C=O) groups excluding carboxylic acids is 1. The lowest BCUT2D eigenvalue weighted by atomic mass is 10.1. The van der Waals surface area contributed by atoms with E-state index in [0.717, 1.165) is 62.5 Å². The number of pyridine rings is 1. The summed E-state index contributed by atoms with van der Waals surface area (Å²) in [5, 5.41) is 4.29. The van der Waals surface area contributed by atoms with Gasteiger partial charge in [-0.15, -0.1) is 0 Å². The lowest BCUT2D eigenvalue weighted by Gasteiger charge is -2.26. The first kappa shape index (κ1) is 23.3. The van der Waals surface area contributed by atoms with Gasteiger partial charge in [0.05, 0.1) is 18.7 Å². The SMILES string of the molecule is O=C(CCc1ccc(-n2cc(CCN3CCOCC3)c3ccccc32)cc1)NCc1cccnc1. The molecule has 1 aliphatic heterocycles. The van der Waals surface area contributed by atoms with Gasteiger partial charge in [-0.3, -0.25) is 14.7 Å². The first-order chi connectivity index (χ1) is 17.3. The van der Waals surface area contributed by atoms with Crippen LogP contribution in [0.15, 0.2) is 79.3 Å². The van der Waals surface area contributed by atoms with Crippen molar-refractivity contribution in [2.24, 2.45) is 0 Å². The van der Waals surface area contributed by atoms with E-state index in [-0.39, 0.29) is 5.91 Å². The molecule has 6 nitrogen and oxygen atoms in total. The van der Waals surface area contributed by atoms with Crippen LogP contribution in [0.2, 0.25) is 0 Å². The van der Waals surface area contributed by atoms with Crippen LogP contribution in [0.1, 0.15) is 23.1 Å². The van der Waals surface area contributed by atoms with Gasteiger partial charge in [-0.05, 0) is 53.8 Å². The number of morpholine rings is 1. The smallest absolute Gasteiger partial charge is 0.220 e. The molecule has 0 unspecified atom stereocenters. The van der Waals surface area contributed by atoms with E-state index >= 15 is 0 Å². The average molecular weight is 469 g/mol. The Kier molecular flexibility index (Phi) is 7.51. The topological polar surface area (TPSA) is 59.4 Å². The molecule has 0 aliphatic carbocycles. The number of hydrogen-bond acceptors (Lipinski definition) is 4. The molecular weight excluding hydrogens is 436 g/mol. The third-order valence-electron chi connectivity index (χ3n) is 6.66. The van der Waals surface area contributed by atoms with E-state index < -0.39 is 0 Å². The summed E-state index contributed by atoms with van der Waals surface area (Å²) in [6.45, 7) is 5.27. The zero-order valence-electron chi connectivity index (χ0n) is 20.0. The molecule has 1 N–H and O–H groups in total. The van der Waals surface area contributed by atoms with E-state index in [2.05, 4.69) is 74.5 Å². The van der Waals surface area contributed by atoms with Crippen molar-refractivity contribution in [3.63, 3.8) is 0 Å². The van der Waals surface area contributed by atoms with Gasteiger partial charge in [0, 0.05) is 62.3 Å². The predicted molar refractivity (Wildman–Crippen MR) is 139 cm³/mol. The standard InChI is InChI=1S/C29H32N4O2/c34-29(31-21-24-4-3-14-30-20-24)12-9-23-7-10-26(11-8-23)33-22-25(27-5-1-2-6-28(27)33)13-15-32-16-18-35-19-17-32/h1-8,10-11,14,20,22H,9,12-13,15-19,21H2,(H,31,34). The maximum Gasteiger partial charge on any atom is 0.220 e. The minimum absolute atomic E-state index is 0.0549. The molecule has 0 atom stereocenters. The minimum atomic E-state index is 0.0549. The Balaban J connectivity index is 1.21. The summed E-state index contributed by atoms with van der Waals surface area (Å²) in [4.78, 5) is 18.8. The van der Waals surface area contributed by atoms with Gasteiger partial charge in [0.15, 0.2) is 0 Å². The maximum absolute atomic E-state index is 12.3. The highest BCUT2D eigenvalue weighted by Crippen LogP contribution is 2.26. The number of fused-ring (bicyclic) bond motifs is 1. The number of nitrogens with one attached hydrogen (secondary N) is 1. The van der Waals surface area contributed by atoms with Crippen LogP contribution < -0.4 is 5.32 Å². The summed E-state index contributed by atoms with van der Waals surface area (Å²) in [6.07, 6.45) is 8.01. The van der Waals surface area contributed by atoms with Crippen molar-refractivity contribution in [1.82, 2.24) is 19.8 Å². The molecule has 35 heavy (non-hydrogen) atoms. The predicted octanol–water partition coefficient (Wildman–Crippen LogP) is 4.15. The van der Waals surface area contributed by atoms with Crippen LogP contribution in [0.25, 0.3) is 16.6 Å². The molecule has 1 amide bonds. The van der Waals surface area contributed by atoms with Gasteiger partial charge in [0.2, 0.25) is 5.91 Å². The highest BCUT2D eigenvalue weighted by atomic mass is 16.5. The molecule has 180 valence electrons. The molecule has 1 fully saturated rings. The molecule has 2 aromatic heterocycles. The van der Waals surface area contributed by atoms with E-state index in [0.29, 0.717) is 13.0 Å². The summed E-state index contributed by atoms with van der Waals surface area (Å²) in [5.74, 6) is 0.0549. The fourth-order valence-electron chi connectivity index (χ4n) is 4.64. The Hall–Kier alpha value is -3.48. The molecule has 4 aromatic rings. The van der Waals surface area contributed by atoms with Crippen LogP contribution in [0.3, 0.4) is 0 Å². The molecule has 1 aliphatic rings. The highest BCUT2D eigenvalue weighted by molar-refractivity contribution is 5.85. The van der Waals surface area contributed by atoms with E-state index in [1.165, 1.54) is 16.5 Å². The maximum atomic E-state index is 12.3. The van der Waals surface area contributed by atoms with Gasteiger partial charge in [-0.2, -0.15) is 0 Å². The first-order valence-electron chi connectivity index (χ1n) is 12.4. The Labute approximate surface area is 206 Å². The fourth-order valence-corrected chi connectivity index (χ4v) is 4.64. The molecule has 6 heteroatoms. The minimum Gasteiger partial charge on any atom is -0.379 e. The summed E-state index contributed by atoms with van der Waals surface area (Å²) in [6, 6.07) is 21.0. The second-order valence-corrected chi connectivity index (χ2v) is 9.05. The van der Waals surface area contributed by atoms with Crippen LogP contribution in [0.5, 0.6) is 0 Å². The largest absolute Gasteiger partial charge is 0.379 e. The molecule has 3 heterocycles. The molecule has 0 bridgehead atoms. The monoisotopic (exact) mass is 468 g/mol. The lowest BCUT2D eigenvalue weighted by Crippen LogP contribution is -2.37. The zero-order chi connectivity index (χ0) is 23.9. The second-order valence-electron chi connectivity index (χ2n) is 9.05. The van der Waals surface area contributed by atoms with Crippen LogP contribution in [0.4, 0.5) is 0 Å². The summed E-state index contributed by atoms with van der Waals surface area (Å²) in [7, 11) is 0. The van der Waals surface area contributed by atoms with E-state index in [4.69, 9.17) is 4.74 Å². The van der Waals surface area contributed by atoms with Crippen molar-refractivity contribution in [2.45, 2.75) is 25.8 Å². The van der Waals surface area contributed by atoms with Crippen LogP contribution in [-0.4, -0.2) is 53.2 Å². The van der Waals surface area contributed by atoms with Crippen molar-refractivity contribution in [1.29, 1.82) is 0 Å². The molecule has 1 saturated heterocycles. The van der Waals surface area contributed by atoms with Crippen molar-refractivity contribution in [2.75, 3.05) is 32.8 Å². The Bertz CT molecular complexity index is 1240. The molecule has 0 radical (unpaired) electrons. The van der Waals surface area contributed by atoms with E-state index in [1.807, 2.05) is 12.1 Å². The normalized spacial score (nSPS) is 14.3. The molecule has 2 aromatic carbocycles. The molecular formula is C29H32N4O2. The van der Waals surface area contributed by atoms with E-state index in [1.54, 1.807) is 12.4 Å². The number of aryl methyl sites for hydroxylation is 1. The zero-order valence-corrected chi connectivity index (χ0v) is 20.0. The Morgan fingerprint density at radius 2 is 1.77 bits per heavy atom. The number of nitrogens with zero attached hydrogens (tertiary/aromatic N) is 3. The number of carbonyl (C=O) groups is 1. The third-order valence-corrected chi connectivity index (χ3v) is 6.66. The summed E-state index contributed by atoms with van der Waals surface area (Å²) >= 11 is 0. The van der Waals surface area contributed by atoms with Gasteiger partial charge in [0.1, 0.15) is 0 Å². The Morgan fingerprint density at radius 1 is 0.943 bits per heavy atom. The van der Waals surface area contributed by atoms with Crippen molar-refractivity contribution < 1.29 is 9.53 Å². The summed E-state index contributed by atoms with van der Waals surface area (Å²) in [5.41, 5.74) is 5.92. The van der Waals surface area contributed by atoms with Crippen LogP contribution in [0, 0.1) is 0 Å². The van der Waals surface area contributed by atoms with Gasteiger partial charge in [-0.1, -0.05) is 36.4 Å². The number of hydrogen-bond donors (Lipinski definition) is 1. The Morgan fingerprint density at radius 3 is 2.57 bits per heavy atom. The number of ether oxygens (including phenoxy) is 1. The van der Waals surface area contributed by atoms with Crippen molar-refractivity contribution in [3.05, 3.63) is 95.9 Å². The third kappa shape index (κ3) is 5.96. The van der Waals surface area contributed by atoms with Gasteiger partial charge < -0.3 is 14.6 Å². The summed E-state index contributed by atoms with van der Waals surface area (Å²) < 4.78 is 7.77. The number of benzene rings is 2. The molecule has 0 spiro atoms. The van der Waals surface area contributed by atoms with Crippen molar-refractivity contribution in [3.8, 4) is 5.69 Å². The average Bonchev–Trinajstić information content (AvgIpc) is 3.30. The fraction of sp³-hybridized carbons (Fsp3) is 0.310. The van der Waals surface area contributed by atoms with Crippen LogP contribution in [-0.2, 0) is 28.9 Å². The number of aromatic nitrogens is 2. The van der Waals surface area contributed by atoms with Crippen molar-refractivity contribution >= 4 is 16.8 Å². The molecule has 5 rings (SSSR count). The molecule has 0 saturated carbocycles. The number of rotatable bonds is 9. The number of para-hydroxylation sites is 1. The van der Waals surface area contributed by atoms with Gasteiger partial charge >= 0.3 is 0 Å². The second kappa shape index (κ2) is 11.3. The lowest BCUT2D eigenvalue weighted by molar-refractivity contribution is -0.121. The quantitative estimate of drug-likeness (QED) is 0.401. The van der Waals surface area contributed by atoms with Gasteiger partial charge in [-0.25, -0.2) is 0 Å². The van der Waals surface area contributed by atoms with E-state index in [9.17, 15) is 4.79 Å². The van der Waals surface area contributed by atoms with Crippen LogP contribution >= 0.6 is 0 Å².